The Morgan fingerprint density at radius 3 is 1.30 bits per heavy atom. The summed E-state index contributed by atoms with van der Waals surface area (Å²) in [7, 11) is 0. The summed E-state index contributed by atoms with van der Waals surface area (Å²) >= 11 is 0. The lowest BCUT2D eigenvalue weighted by Gasteiger charge is -2.36. The van der Waals surface area contributed by atoms with E-state index in [-0.39, 0.29) is 113 Å². The van der Waals surface area contributed by atoms with Crippen molar-refractivity contribution in [2.24, 2.45) is 23.3 Å². The molecule has 2 aliphatic heterocycles. The molecule has 0 aliphatic carbocycles. The largest absolute Gasteiger partial charge is 0.508 e. The number of hydrogen-bond acceptors (Lipinski definition) is 27. The van der Waals surface area contributed by atoms with Crippen LogP contribution in [-0.2, 0) is 109 Å². The van der Waals surface area contributed by atoms with E-state index in [1.807, 2.05) is 0 Å². The first-order valence-electron chi connectivity index (χ1n) is 42.8. The van der Waals surface area contributed by atoms with Crippen molar-refractivity contribution in [3.8, 4) is 23.0 Å². The normalized spacial score (nSPS) is 15.3. The SMILES string of the molecule is CC[C@H](C)[C@H](NC(=O)[C@H](CCC(=O)O)NC(=O)[C@H](C)NC(=O)[C@H](Cc1c[nH]cn1)NC(=O)[C@H](C)NC(=O)[C@H](C)NC(=O)[C@H](Cc1c[nH]cn1)NC(=O)[C@@H](NC(=O)[C@H](C)NC(=O)[C@H](CCC(N)=O)NC(=O)c1ccc2c(c1)C1(OC2=O)c2ccc(O)cc2Oc2cc(O)ccc21)C(C)C)C(=O)N[C@@H](C)C(=O)N[C@@H](CCC(=O)O)C(=O)N[C@@H](C)C(=O)NCC(=O)N[C@@H](CCCNC(=N)N)C(=O)O. The number of imidazole rings is 2. The zero-order valence-corrected chi connectivity index (χ0v) is 75.2. The number of nitrogens with zero attached hydrogens (tertiary/aromatic N) is 2. The van der Waals surface area contributed by atoms with Gasteiger partial charge in [-0.15, -0.1) is 0 Å². The summed E-state index contributed by atoms with van der Waals surface area (Å²) in [6.07, 6.45) is 1.48. The molecule has 50 nitrogen and oxygen atoms in total. The monoisotopic (exact) mass is 1890 g/mol. The van der Waals surface area contributed by atoms with Gasteiger partial charge in [-0.1, -0.05) is 34.1 Å². The van der Waals surface area contributed by atoms with Crippen LogP contribution in [0.2, 0.25) is 0 Å². The molecule has 0 fully saturated rings. The van der Waals surface area contributed by atoms with E-state index < -0.39 is 259 Å². The molecule has 730 valence electrons. The topological polar surface area (TPSA) is 787 Å². The molecule has 5 aromatic rings. The third-order valence-corrected chi connectivity index (χ3v) is 21.7. The number of aromatic nitrogens is 4. The van der Waals surface area contributed by atoms with Gasteiger partial charge in [0.05, 0.1) is 36.2 Å². The smallest absolute Gasteiger partial charge is 0.340 e. The Hall–Kier alpha value is -15.9. The first-order valence-corrected chi connectivity index (χ1v) is 42.8. The van der Waals surface area contributed by atoms with Gasteiger partial charge in [0.1, 0.15) is 108 Å². The van der Waals surface area contributed by atoms with Gasteiger partial charge in [0.15, 0.2) is 11.6 Å². The van der Waals surface area contributed by atoms with Gasteiger partial charge in [0.25, 0.3) is 5.91 Å². The zero-order valence-electron chi connectivity index (χ0n) is 75.2. The number of guanidine groups is 1. The Bertz CT molecular complexity index is 5210. The van der Waals surface area contributed by atoms with E-state index in [2.05, 4.69) is 105 Å². The highest BCUT2D eigenvalue weighted by molar-refractivity contribution is 6.04. The molecule has 1 spiro atoms. The second-order valence-corrected chi connectivity index (χ2v) is 32.6. The molecular weight excluding hydrogens is 1780 g/mol. The van der Waals surface area contributed by atoms with Gasteiger partial charge in [-0.05, 0) is 128 Å². The fourth-order valence-corrected chi connectivity index (χ4v) is 13.9. The van der Waals surface area contributed by atoms with E-state index in [0.717, 1.165) is 6.92 Å². The molecule has 135 heavy (non-hydrogen) atoms. The Kier molecular flexibility index (Phi) is 38.4. The summed E-state index contributed by atoms with van der Waals surface area (Å²) in [6, 6.07) is -9.49. The zero-order chi connectivity index (χ0) is 100. The van der Waals surface area contributed by atoms with Crippen molar-refractivity contribution in [3.63, 3.8) is 0 Å². The van der Waals surface area contributed by atoms with E-state index in [4.69, 9.17) is 26.4 Å². The number of carboxylic acid groups (broad SMARTS) is 3. The second kappa shape index (κ2) is 48.9. The number of aromatic amines is 2. The molecule has 15 atom stereocenters. The number of fused-ring (bicyclic) bond motifs is 6. The Labute approximate surface area is 770 Å². The van der Waals surface area contributed by atoms with E-state index >= 15 is 0 Å². The van der Waals surface area contributed by atoms with Gasteiger partial charge >= 0.3 is 23.9 Å². The van der Waals surface area contributed by atoms with E-state index in [1.54, 1.807) is 20.8 Å². The highest BCUT2D eigenvalue weighted by Gasteiger charge is 2.54. The van der Waals surface area contributed by atoms with Crippen molar-refractivity contribution >= 4 is 124 Å². The van der Waals surface area contributed by atoms with Crippen molar-refractivity contribution in [1.82, 2.24) is 105 Å². The van der Waals surface area contributed by atoms with Crippen molar-refractivity contribution < 1.29 is 131 Å². The minimum atomic E-state index is -1.79. The van der Waals surface area contributed by atoms with Crippen LogP contribution in [0.4, 0.5) is 0 Å². The predicted molar refractivity (Wildman–Crippen MR) is 469 cm³/mol. The molecule has 0 bridgehead atoms. The van der Waals surface area contributed by atoms with Crippen LogP contribution in [0.3, 0.4) is 0 Å². The summed E-state index contributed by atoms with van der Waals surface area (Å²) in [5.41, 5.74) is 9.90. The number of carbonyl (C=O) groups is 20. The molecule has 16 amide bonds. The number of phenols is 2. The number of nitrogens with two attached hydrogens (primary N) is 2. The van der Waals surface area contributed by atoms with Crippen LogP contribution in [-0.4, -0.2) is 267 Å². The van der Waals surface area contributed by atoms with Gasteiger partial charge in [-0.25, -0.2) is 19.6 Å². The number of benzene rings is 3. The maximum Gasteiger partial charge on any atom is 0.340 e. The Morgan fingerprint density at radius 1 is 0.444 bits per heavy atom. The minimum Gasteiger partial charge on any atom is -0.508 e. The number of carbonyl (C=O) groups excluding carboxylic acids is 17. The van der Waals surface area contributed by atoms with Crippen LogP contribution >= 0.6 is 0 Å². The highest BCUT2D eigenvalue weighted by atomic mass is 16.6. The number of hydrogen-bond donors (Lipinski definition) is 26. The van der Waals surface area contributed by atoms with Gasteiger partial charge in [0.2, 0.25) is 88.6 Å². The molecular formula is C85H113N23O27. The lowest BCUT2D eigenvalue weighted by molar-refractivity contribution is -0.142. The number of phenolic OH excluding ortho intramolecular Hbond substituents is 2. The summed E-state index contributed by atoms with van der Waals surface area (Å²) in [5, 5.41) is 95.5. The predicted octanol–water partition coefficient (Wildman–Crippen LogP) is -4.72. The molecule has 4 heterocycles. The second-order valence-electron chi connectivity index (χ2n) is 32.6. The standard InChI is InChI=1S/C85H113N23O27/c1-11-38(4)67(81(130)100-43(9)71(120)102-55(21-24-64(113)114)76(125)96-39(5)68(117)92-34-63(112)101-57(82(131)132)13-12-26-91-84(87)88)108-77(126)56(22-25-65(115)116)103-70(119)42(8)99-78(127)58(28-46-32-89-35-93-46)105-72(121)41(7)95-69(118)40(6)98-79(128)59(29-47-33-90-36-94-47)106-80(129)66(37(2)3)107-73(122)44(10)97-75(124)54(20-23-62(86)111)104-74(123)45-14-17-50-53(27-45)85(135-83(50)133)51-18-15-48(109)30-60(51)134-61-31-49(110)16-19-52(61)85/h14-19,27,30-33,35-44,54-59,66-67,109-110H,11-13,20-26,28-29,34H2,1-10H3,(H2,86,111)(H,89,93)(H,90,94)(H,92,117)(H,95,118)(H,96,125)(H,97,124)(H,98,128)(H,99,127)(H,100,130)(H,101,112)(H,102,120)(H,103,119)(H,104,123)(H,105,121)(H,106,129)(H,107,122)(H,108,126)(H,113,114)(H,115,116)(H,131,132)(H4,87,88,91)/t38-,39-,40-,41-,42-,43-,44-,54-,55-,56-,57-,58-,59-,66-,67-/m0/s1. The van der Waals surface area contributed by atoms with E-state index in [9.17, 15) is 121 Å². The number of rotatable bonds is 51. The van der Waals surface area contributed by atoms with Crippen LogP contribution in [0, 0.1) is 17.2 Å². The van der Waals surface area contributed by atoms with Gasteiger partial charge in [-0.3, -0.25) is 91.7 Å². The maximum atomic E-state index is 14.4. The Morgan fingerprint density at radius 2 is 0.852 bits per heavy atom. The van der Waals surface area contributed by atoms with Gasteiger partial charge < -0.3 is 142 Å². The van der Waals surface area contributed by atoms with Gasteiger partial charge in [0, 0.05) is 85.4 Å². The number of primary amides is 1. The number of ether oxygens (including phenoxy) is 2. The fraction of sp³-hybridized carbons (Fsp3) is 0.471. The number of aromatic hydroxyl groups is 2. The van der Waals surface area contributed by atoms with Crippen molar-refractivity contribution in [3.05, 3.63) is 119 Å². The molecule has 0 unspecified atom stereocenters. The number of amides is 16. The third kappa shape index (κ3) is 30.4. The first-order chi connectivity index (χ1) is 63.6. The first kappa shape index (κ1) is 106. The quantitative estimate of drug-likeness (QED) is 0.00753. The molecule has 7 rings (SSSR count). The molecule has 2 aromatic heterocycles. The van der Waals surface area contributed by atoms with Crippen LogP contribution in [0.25, 0.3) is 0 Å². The average molecular weight is 1890 g/mol. The van der Waals surface area contributed by atoms with E-state index in [0.29, 0.717) is 0 Å². The molecule has 2 aliphatic rings. The number of aliphatic carboxylic acids is 3. The number of nitrogens with one attached hydrogen (secondary N) is 19. The fourth-order valence-electron chi connectivity index (χ4n) is 13.9. The average Bonchev–Trinajstić information content (AvgIpc) is 1.55. The van der Waals surface area contributed by atoms with Crippen molar-refractivity contribution in [1.29, 1.82) is 5.41 Å². The highest BCUT2D eigenvalue weighted by Crippen LogP contribution is 2.57. The molecule has 0 radical (unpaired) electrons. The molecule has 3 aromatic carbocycles. The third-order valence-electron chi connectivity index (χ3n) is 21.7. The molecule has 28 N–H and O–H groups in total. The number of esters is 1. The number of H-pyrrole nitrogens is 2. The Balaban J connectivity index is 0.938. The number of carboxylic acids is 3. The lowest BCUT2D eigenvalue weighted by atomic mass is 9.77. The maximum absolute atomic E-state index is 14.4. The van der Waals surface area contributed by atoms with Crippen molar-refractivity contribution in [2.75, 3.05) is 13.1 Å². The van der Waals surface area contributed by atoms with Crippen LogP contribution in [0.15, 0.2) is 79.6 Å². The molecule has 0 saturated heterocycles. The summed E-state index contributed by atoms with van der Waals surface area (Å²) in [6.45, 7) is 12.8. The van der Waals surface area contributed by atoms with E-state index in [1.165, 1.54) is 121 Å². The van der Waals surface area contributed by atoms with Crippen molar-refractivity contribution in [2.45, 2.75) is 230 Å². The van der Waals surface area contributed by atoms with Gasteiger partial charge in [-0.2, -0.15) is 0 Å². The summed E-state index contributed by atoms with van der Waals surface area (Å²) < 4.78 is 12.1. The summed E-state index contributed by atoms with van der Waals surface area (Å²) in [4.78, 5) is 283. The van der Waals surface area contributed by atoms with Crippen LogP contribution < -0.4 is 101 Å². The minimum absolute atomic E-state index is 0.0329. The molecule has 50 heteroatoms. The summed E-state index contributed by atoms with van der Waals surface area (Å²) in [5.74, 6) is -23.1. The molecule has 0 saturated carbocycles. The van der Waals surface area contributed by atoms with Crippen LogP contribution in [0.1, 0.15) is 176 Å². The van der Waals surface area contributed by atoms with Crippen LogP contribution in [0.5, 0.6) is 23.0 Å². The lowest BCUT2D eigenvalue weighted by Crippen LogP contribution is -2.61.